The topological polar surface area (TPSA) is 48.1 Å². The Balaban J connectivity index is 3.24. The zero-order valence-electron chi connectivity index (χ0n) is 7.01. The summed E-state index contributed by atoms with van der Waals surface area (Å²) in [5, 5.41) is 0. The Kier molecular flexibility index (Phi) is 1.98. The van der Waals surface area contributed by atoms with Gasteiger partial charge in [0.1, 0.15) is 11.6 Å². The number of nitrogen functional groups attached to an aromatic ring is 1. The predicted octanol–water partition coefficient (Wildman–Crippen LogP) is 1.29. The normalized spacial score (nSPS) is 9.73. The lowest BCUT2D eigenvalue weighted by molar-refractivity contribution is 0.411. The maximum atomic E-state index is 5.61. The maximum absolute atomic E-state index is 5.61. The number of methoxy groups -OCH3 is 1. The van der Waals surface area contributed by atoms with Crippen LogP contribution in [-0.2, 0) is 0 Å². The Morgan fingerprint density at radius 3 is 2.64 bits per heavy atom. The van der Waals surface area contributed by atoms with Crippen molar-refractivity contribution in [3.8, 4) is 5.75 Å². The quantitative estimate of drug-likeness (QED) is 0.659. The highest BCUT2D eigenvalue weighted by atomic mass is 16.5. The first-order chi connectivity index (χ1) is 5.15. The van der Waals surface area contributed by atoms with Crippen LogP contribution in [0.25, 0.3) is 0 Å². The molecule has 0 atom stereocenters. The van der Waals surface area contributed by atoms with Crippen LogP contribution in [0.5, 0.6) is 5.75 Å². The van der Waals surface area contributed by atoms with E-state index < -0.39 is 0 Å². The first kappa shape index (κ1) is 7.85. The summed E-state index contributed by atoms with van der Waals surface area (Å²) in [6.45, 7) is 3.78. The second-order valence-electron chi connectivity index (χ2n) is 2.48. The summed E-state index contributed by atoms with van der Waals surface area (Å²) in [5.41, 5.74) is 7.39. The number of ether oxygens (including phenoxy) is 1. The average Bonchev–Trinajstić information content (AvgIpc) is 1.96. The average molecular weight is 152 g/mol. The van der Waals surface area contributed by atoms with Crippen LogP contribution in [0, 0.1) is 13.8 Å². The van der Waals surface area contributed by atoms with Gasteiger partial charge in [-0.15, -0.1) is 0 Å². The van der Waals surface area contributed by atoms with Crippen LogP contribution in [0.3, 0.4) is 0 Å². The zero-order chi connectivity index (χ0) is 8.43. The molecule has 0 bridgehead atoms. The van der Waals surface area contributed by atoms with Crippen molar-refractivity contribution in [2.75, 3.05) is 12.8 Å². The second-order valence-corrected chi connectivity index (χ2v) is 2.48. The number of anilines is 1. The monoisotopic (exact) mass is 152 g/mol. The molecule has 1 aromatic rings. The molecule has 60 valence electrons. The summed E-state index contributed by atoms with van der Waals surface area (Å²) in [5.74, 6) is 1.34. The predicted molar refractivity (Wildman–Crippen MR) is 44.7 cm³/mol. The molecule has 3 heteroatoms. The van der Waals surface area contributed by atoms with Gasteiger partial charge in [0.15, 0.2) is 0 Å². The van der Waals surface area contributed by atoms with E-state index in [-0.39, 0.29) is 0 Å². The van der Waals surface area contributed by atoms with Gasteiger partial charge < -0.3 is 10.5 Å². The molecule has 2 N–H and O–H groups in total. The Morgan fingerprint density at radius 1 is 1.45 bits per heavy atom. The van der Waals surface area contributed by atoms with E-state index in [9.17, 15) is 0 Å². The summed E-state index contributed by atoms with van der Waals surface area (Å²) in [6, 6.07) is 1.87. The highest BCUT2D eigenvalue weighted by Gasteiger charge is 2.03. The SMILES string of the molecule is COc1cc(C)nc(N)c1C. The third kappa shape index (κ3) is 1.42. The number of hydrogen-bond donors (Lipinski definition) is 1. The van der Waals surface area contributed by atoms with Crippen LogP contribution in [0.15, 0.2) is 6.07 Å². The molecule has 1 rings (SSSR count). The first-order valence-corrected chi connectivity index (χ1v) is 3.43. The number of pyridine rings is 1. The number of nitrogens with zero attached hydrogens (tertiary/aromatic N) is 1. The molecule has 0 fully saturated rings. The van der Waals surface area contributed by atoms with E-state index in [2.05, 4.69) is 4.98 Å². The second kappa shape index (κ2) is 2.78. The number of aromatic nitrogens is 1. The Labute approximate surface area is 66.2 Å². The molecule has 11 heavy (non-hydrogen) atoms. The van der Waals surface area contributed by atoms with Crippen molar-refractivity contribution in [2.45, 2.75) is 13.8 Å². The molecular formula is C8H12N2O. The van der Waals surface area contributed by atoms with Crippen LogP contribution >= 0.6 is 0 Å². The molecule has 1 aromatic heterocycles. The van der Waals surface area contributed by atoms with Crippen molar-refractivity contribution < 1.29 is 4.74 Å². The Bertz CT molecular complexity index is 271. The Morgan fingerprint density at radius 2 is 2.09 bits per heavy atom. The molecule has 3 nitrogen and oxygen atoms in total. The summed E-state index contributed by atoms with van der Waals surface area (Å²) < 4.78 is 5.09. The van der Waals surface area contributed by atoms with Gasteiger partial charge in [0.05, 0.1) is 7.11 Å². The molecule has 0 aliphatic carbocycles. The summed E-state index contributed by atoms with van der Waals surface area (Å²) in [6.07, 6.45) is 0. The minimum atomic E-state index is 0.543. The Hall–Kier alpha value is -1.25. The van der Waals surface area contributed by atoms with E-state index in [0.717, 1.165) is 17.0 Å². The van der Waals surface area contributed by atoms with E-state index in [4.69, 9.17) is 10.5 Å². The summed E-state index contributed by atoms with van der Waals surface area (Å²) in [7, 11) is 1.63. The van der Waals surface area contributed by atoms with Crippen LogP contribution < -0.4 is 10.5 Å². The standard InChI is InChI=1S/C8H12N2O/c1-5-4-7(11-3)6(2)8(9)10-5/h4H,1-3H3,(H2,9,10). The molecule has 0 aliphatic heterocycles. The lowest BCUT2D eigenvalue weighted by Gasteiger charge is -2.06. The van der Waals surface area contributed by atoms with Crippen molar-refractivity contribution in [2.24, 2.45) is 0 Å². The van der Waals surface area contributed by atoms with Crippen LogP contribution in [0.1, 0.15) is 11.3 Å². The maximum Gasteiger partial charge on any atom is 0.130 e. The van der Waals surface area contributed by atoms with E-state index in [1.807, 2.05) is 19.9 Å². The van der Waals surface area contributed by atoms with Gasteiger partial charge in [0.2, 0.25) is 0 Å². The van der Waals surface area contributed by atoms with E-state index in [1.165, 1.54) is 0 Å². The van der Waals surface area contributed by atoms with Crippen molar-refractivity contribution in [3.05, 3.63) is 17.3 Å². The summed E-state index contributed by atoms with van der Waals surface area (Å²) in [4.78, 5) is 4.08. The molecule has 0 saturated carbocycles. The number of aryl methyl sites for hydroxylation is 1. The minimum Gasteiger partial charge on any atom is -0.496 e. The molecule has 0 amide bonds. The molecule has 0 radical (unpaired) electrons. The van der Waals surface area contributed by atoms with Crippen molar-refractivity contribution >= 4 is 5.82 Å². The van der Waals surface area contributed by atoms with Crippen LogP contribution in [0.2, 0.25) is 0 Å². The minimum absolute atomic E-state index is 0.543. The largest absolute Gasteiger partial charge is 0.496 e. The van der Waals surface area contributed by atoms with E-state index in [1.54, 1.807) is 7.11 Å². The van der Waals surface area contributed by atoms with Gasteiger partial charge in [-0.1, -0.05) is 0 Å². The highest BCUT2D eigenvalue weighted by molar-refractivity contribution is 5.48. The fourth-order valence-corrected chi connectivity index (χ4v) is 0.942. The third-order valence-electron chi connectivity index (χ3n) is 1.61. The first-order valence-electron chi connectivity index (χ1n) is 3.43. The van der Waals surface area contributed by atoms with Gasteiger partial charge in [0, 0.05) is 17.3 Å². The molecule has 0 spiro atoms. The fraction of sp³-hybridized carbons (Fsp3) is 0.375. The summed E-state index contributed by atoms with van der Waals surface area (Å²) >= 11 is 0. The number of nitrogens with two attached hydrogens (primary N) is 1. The molecule has 1 heterocycles. The highest BCUT2D eigenvalue weighted by Crippen LogP contribution is 2.21. The lowest BCUT2D eigenvalue weighted by Crippen LogP contribution is -1.98. The van der Waals surface area contributed by atoms with Crippen LogP contribution in [-0.4, -0.2) is 12.1 Å². The van der Waals surface area contributed by atoms with E-state index in [0.29, 0.717) is 5.82 Å². The van der Waals surface area contributed by atoms with Crippen molar-refractivity contribution in [1.82, 2.24) is 4.98 Å². The van der Waals surface area contributed by atoms with E-state index >= 15 is 0 Å². The third-order valence-corrected chi connectivity index (χ3v) is 1.61. The number of hydrogen-bond acceptors (Lipinski definition) is 3. The van der Waals surface area contributed by atoms with Gasteiger partial charge in [0.25, 0.3) is 0 Å². The van der Waals surface area contributed by atoms with Gasteiger partial charge in [-0.2, -0.15) is 0 Å². The van der Waals surface area contributed by atoms with Gasteiger partial charge in [-0.25, -0.2) is 4.98 Å². The molecule has 0 saturated heterocycles. The molecule has 0 aromatic carbocycles. The van der Waals surface area contributed by atoms with Gasteiger partial charge in [-0.05, 0) is 13.8 Å². The smallest absolute Gasteiger partial charge is 0.130 e. The molecule has 0 aliphatic rings. The van der Waals surface area contributed by atoms with Crippen molar-refractivity contribution in [3.63, 3.8) is 0 Å². The lowest BCUT2D eigenvalue weighted by atomic mass is 10.2. The van der Waals surface area contributed by atoms with Gasteiger partial charge >= 0.3 is 0 Å². The molecule has 0 unspecified atom stereocenters. The van der Waals surface area contributed by atoms with Crippen LogP contribution in [0.4, 0.5) is 5.82 Å². The fourth-order valence-electron chi connectivity index (χ4n) is 0.942. The molecular weight excluding hydrogens is 140 g/mol. The number of rotatable bonds is 1. The van der Waals surface area contributed by atoms with Crippen molar-refractivity contribution in [1.29, 1.82) is 0 Å². The zero-order valence-corrected chi connectivity index (χ0v) is 7.01. The van der Waals surface area contributed by atoms with Gasteiger partial charge in [-0.3, -0.25) is 0 Å².